The van der Waals surface area contributed by atoms with Crippen molar-refractivity contribution in [2.75, 3.05) is 32.1 Å². The number of carbonyl (C=O) groups excluding carboxylic acids is 2. The van der Waals surface area contributed by atoms with Crippen LogP contribution in [0.5, 0.6) is 5.75 Å². The number of nitrogens with one attached hydrogen (secondary N) is 1. The number of halogens is 1. The van der Waals surface area contributed by atoms with Crippen molar-refractivity contribution < 1.29 is 18.7 Å². The summed E-state index contributed by atoms with van der Waals surface area (Å²) in [6.07, 6.45) is 4.45. The highest BCUT2D eigenvalue weighted by atomic mass is 19.1. The minimum Gasteiger partial charge on any atom is -0.494 e. The van der Waals surface area contributed by atoms with Gasteiger partial charge in [-0.2, -0.15) is 0 Å². The molecule has 3 aromatic carbocycles. The maximum absolute atomic E-state index is 13.8. The van der Waals surface area contributed by atoms with Crippen molar-refractivity contribution in [3.05, 3.63) is 77.6 Å². The predicted octanol–water partition coefficient (Wildman–Crippen LogP) is 5.95. The standard InChI is InChI=1S/C38H40FN7O3/c1-43-35-29(14-24(16-32(35)49-2)37(47)46-20-23-8-13-30(46)33(23)40)42-36(43)31-15-22-4-3-5-28(34(22)45(31)17-21-6-7-21)25-18-44(19-25)38(48)41-27-11-9-26(39)10-12-27/h3-5,9-12,14-16,21,23,25,30,33H,6-8,13,17-20,40H2,1-2H3,(H,41,48)/t23-,30-,33-/m1/s1. The quantitative estimate of drug-likeness (QED) is 0.224. The molecular formula is C38H40FN7O3. The Morgan fingerprint density at radius 2 is 1.80 bits per heavy atom. The molecule has 4 aliphatic rings. The van der Waals surface area contributed by atoms with Crippen molar-refractivity contribution >= 4 is 39.6 Å². The fourth-order valence-corrected chi connectivity index (χ4v) is 8.46. The monoisotopic (exact) mass is 661 g/mol. The van der Waals surface area contributed by atoms with Crippen LogP contribution >= 0.6 is 0 Å². The molecule has 5 aromatic rings. The van der Waals surface area contributed by atoms with Crippen LogP contribution in [0, 0.1) is 17.7 Å². The van der Waals surface area contributed by atoms with Crippen molar-refractivity contribution in [1.29, 1.82) is 0 Å². The zero-order valence-corrected chi connectivity index (χ0v) is 27.7. The number of piperidine rings is 1. The number of imidazole rings is 1. The van der Waals surface area contributed by atoms with E-state index in [1.807, 2.05) is 24.1 Å². The van der Waals surface area contributed by atoms with E-state index in [0.29, 0.717) is 48.5 Å². The summed E-state index contributed by atoms with van der Waals surface area (Å²) in [5.74, 6) is 2.26. The van der Waals surface area contributed by atoms with Gasteiger partial charge in [-0.3, -0.25) is 4.79 Å². The van der Waals surface area contributed by atoms with Crippen LogP contribution in [0.25, 0.3) is 33.5 Å². The number of hydrogen-bond acceptors (Lipinski definition) is 5. The van der Waals surface area contributed by atoms with Crippen LogP contribution in [0.1, 0.15) is 47.5 Å². The number of nitrogens with zero attached hydrogens (tertiary/aromatic N) is 5. The Labute approximate surface area is 283 Å². The van der Waals surface area contributed by atoms with E-state index in [0.717, 1.165) is 47.3 Å². The number of hydrogen-bond donors (Lipinski definition) is 2. The van der Waals surface area contributed by atoms with Crippen molar-refractivity contribution in [1.82, 2.24) is 23.9 Å². The molecule has 4 heterocycles. The number of rotatable bonds is 7. The lowest BCUT2D eigenvalue weighted by atomic mass is 9.90. The molecule has 3 N–H and O–H groups in total. The summed E-state index contributed by atoms with van der Waals surface area (Å²) >= 11 is 0. The van der Waals surface area contributed by atoms with E-state index in [1.54, 1.807) is 24.1 Å². The molecule has 11 heteroatoms. The number of para-hydroxylation sites is 1. The maximum atomic E-state index is 13.8. The first-order chi connectivity index (χ1) is 23.8. The molecule has 0 unspecified atom stereocenters. The summed E-state index contributed by atoms with van der Waals surface area (Å²) in [6, 6.07) is 18.2. The van der Waals surface area contributed by atoms with Gasteiger partial charge in [-0.15, -0.1) is 0 Å². The zero-order valence-electron chi connectivity index (χ0n) is 27.7. The van der Waals surface area contributed by atoms with Gasteiger partial charge in [-0.1, -0.05) is 18.2 Å². The fraction of sp³-hybridized carbons (Fsp3) is 0.395. The summed E-state index contributed by atoms with van der Waals surface area (Å²) in [5, 5.41) is 4.02. The van der Waals surface area contributed by atoms with Gasteiger partial charge in [0.1, 0.15) is 17.1 Å². The lowest BCUT2D eigenvalue weighted by Gasteiger charge is -2.39. The van der Waals surface area contributed by atoms with Gasteiger partial charge in [-0.25, -0.2) is 14.2 Å². The summed E-state index contributed by atoms with van der Waals surface area (Å²) in [5.41, 5.74) is 12.6. The number of fused-ring (bicyclic) bond motifs is 4. The van der Waals surface area contributed by atoms with Crippen molar-refractivity contribution in [3.8, 4) is 17.3 Å². The van der Waals surface area contributed by atoms with E-state index in [2.05, 4.69) is 38.7 Å². The summed E-state index contributed by atoms with van der Waals surface area (Å²) in [7, 11) is 3.65. The molecule has 2 aromatic heterocycles. The number of methoxy groups -OCH3 is 1. The Balaban J connectivity index is 1.06. The summed E-state index contributed by atoms with van der Waals surface area (Å²) in [6.45, 7) is 2.79. The SMILES string of the molecule is COc1cc(C(=O)N2C[C@H]3CC[C@@H]2[C@@H]3N)cc2nc(-c3cc4cccc(C5CN(C(=O)Nc6ccc(F)cc6)C5)c4n3CC3CC3)n(C)c12. The first kappa shape index (κ1) is 30.2. The zero-order chi connectivity index (χ0) is 33.6. The molecule has 2 bridgehead atoms. The van der Waals surface area contributed by atoms with Crippen molar-refractivity contribution in [2.24, 2.45) is 24.6 Å². The van der Waals surface area contributed by atoms with E-state index in [-0.39, 0.29) is 35.8 Å². The molecule has 49 heavy (non-hydrogen) atoms. The van der Waals surface area contributed by atoms with E-state index in [1.165, 1.54) is 36.1 Å². The third-order valence-electron chi connectivity index (χ3n) is 11.3. The number of ether oxygens (including phenoxy) is 1. The third kappa shape index (κ3) is 4.96. The molecule has 252 valence electrons. The molecule has 2 saturated heterocycles. The van der Waals surface area contributed by atoms with Crippen LogP contribution in [0.2, 0.25) is 0 Å². The highest BCUT2D eigenvalue weighted by Crippen LogP contribution is 2.42. The second kappa shape index (κ2) is 11.3. The highest BCUT2D eigenvalue weighted by molar-refractivity contribution is 6.01. The molecule has 0 radical (unpaired) electrons. The number of anilines is 1. The molecule has 10 nitrogen and oxygen atoms in total. The van der Waals surface area contributed by atoms with Gasteiger partial charge in [0.25, 0.3) is 5.91 Å². The minimum absolute atomic E-state index is 0.0107. The lowest BCUT2D eigenvalue weighted by Crippen LogP contribution is -2.50. The first-order valence-corrected chi connectivity index (χ1v) is 17.3. The highest BCUT2D eigenvalue weighted by Gasteiger charge is 2.47. The molecule has 3 atom stereocenters. The predicted molar refractivity (Wildman–Crippen MR) is 186 cm³/mol. The molecule has 9 rings (SSSR count). The van der Waals surface area contributed by atoms with E-state index >= 15 is 0 Å². The number of benzene rings is 3. The topological polar surface area (TPSA) is 111 Å². The van der Waals surface area contributed by atoms with Gasteiger partial charge in [0.2, 0.25) is 0 Å². The van der Waals surface area contributed by atoms with Crippen molar-refractivity contribution in [2.45, 2.75) is 50.2 Å². The molecule has 0 spiro atoms. The van der Waals surface area contributed by atoms with E-state index in [4.69, 9.17) is 15.5 Å². The summed E-state index contributed by atoms with van der Waals surface area (Å²) < 4.78 is 23.7. The Morgan fingerprint density at radius 1 is 1.00 bits per heavy atom. The molecule has 4 fully saturated rings. The van der Waals surface area contributed by atoms with Crippen molar-refractivity contribution in [3.63, 3.8) is 0 Å². The molecule has 2 saturated carbocycles. The van der Waals surface area contributed by atoms with Crippen LogP contribution in [0.4, 0.5) is 14.9 Å². The average Bonchev–Trinajstić information content (AvgIpc) is 3.46. The van der Waals surface area contributed by atoms with Crippen LogP contribution in [0.3, 0.4) is 0 Å². The van der Waals surface area contributed by atoms with Gasteiger partial charge < -0.3 is 34.7 Å². The summed E-state index contributed by atoms with van der Waals surface area (Å²) in [4.78, 5) is 35.7. The maximum Gasteiger partial charge on any atom is 0.321 e. The van der Waals surface area contributed by atoms with Gasteiger partial charge in [0, 0.05) is 67.9 Å². The molecule has 2 aliphatic heterocycles. The Morgan fingerprint density at radius 3 is 2.49 bits per heavy atom. The van der Waals surface area contributed by atoms with Crippen LogP contribution in [-0.2, 0) is 13.6 Å². The van der Waals surface area contributed by atoms with Crippen LogP contribution in [0.15, 0.2) is 60.7 Å². The number of aryl methyl sites for hydroxylation is 1. The number of nitrogens with two attached hydrogens (primary N) is 1. The van der Waals surface area contributed by atoms with Crippen LogP contribution < -0.4 is 15.8 Å². The minimum atomic E-state index is -0.337. The average molecular weight is 662 g/mol. The van der Waals surface area contributed by atoms with E-state index < -0.39 is 0 Å². The smallest absolute Gasteiger partial charge is 0.321 e. The number of likely N-dealkylation sites (tertiary alicyclic amines) is 2. The largest absolute Gasteiger partial charge is 0.494 e. The van der Waals surface area contributed by atoms with Crippen LogP contribution in [-0.4, -0.2) is 74.7 Å². The van der Waals surface area contributed by atoms with E-state index in [9.17, 15) is 14.0 Å². The second-order valence-electron chi connectivity index (χ2n) is 14.4. The van der Waals surface area contributed by atoms with Gasteiger partial charge >= 0.3 is 6.03 Å². The second-order valence-corrected chi connectivity index (χ2v) is 14.4. The lowest BCUT2D eigenvalue weighted by molar-refractivity contribution is 0.0700. The number of urea groups is 1. The number of amides is 3. The Bertz CT molecular complexity index is 2130. The Kier molecular flexibility index (Phi) is 6.98. The fourth-order valence-electron chi connectivity index (χ4n) is 8.46. The third-order valence-corrected chi connectivity index (χ3v) is 11.3. The molecule has 3 amide bonds. The molecule has 2 aliphatic carbocycles. The van der Waals surface area contributed by atoms with Gasteiger partial charge in [0.15, 0.2) is 5.82 Å². The first-order valence-electron chi connectivity index (χ1n) is 17.3. The number of aromatic nitrogens is 3. The Hall–Kier alpha value is -4.90. The number of carbonyl (C=O) groups is 2. The van der Waals surface area contributed by atoms with Gasteiger partial charge in [-0.05, 0) is 85.5 Å². The van der Waals surface area contributed by atoms with Gasteiger partial charge in [0.05, 0.1) is 23.8 Å². The molecular weight excluding hydrogens is 621 g/mol. The normalized spacial score (nSPS) is 21.9.